The number of furan rings is 1. The molecule has 1 aliphatic rings. The molecular weight excluding hydrogens is 408 g/mol. The van der Waals surface area contributed by atoms with Crippen molar-refractivity contribution in [2.24, 2.45) is 5.10 Å². The van der Waals surface area contributed by atoms with Gasteiger partial charge in [-0.2, -0.15) is 5.10 Å². The van der Waals surface area contributed by atoms with Gasteiger partial charge in [0.05, 0.1) is 5.71 Å². The number of fused-ring (bicyclic) bond motifs is 1. The number of rotatable bonds is 4. The van der Waals surface area contributed by atoms with Gasteiger partial charge in [-0.1, -0.05) is 16.8 Å². The van der Waals surface area contributed by atoms with Gasteiger partial charge in [-0.05, 0) is 51.0 Å². The van der Waals surface area contributed by atoms with Crippen molar-refractivity contribution < 1.29 is 18.5 Å². The van der Waals surface area contributed by atoms with Crippen LogP contribution < -0.4 is 10.7 Å². The Kier molecular flexibility index (Phi) is 5.41. The van der Waals surface area contributed by atoms with Gasteiger partial charge in [-0.3, -0.25) is 9.59 Å². The molecule has 0 radical (unpaired) electrons. The largest absolute Gasteiger partial charge is 0.455 e. The van der Waals surface area contributed by atoms with E-state index in [4.69, 9.17) is 20.5 Å². The second-order valence-electron chi connectivity index (χ2n) is 6.99. The summed E-state index contributed by atoms with van der Waals surface area (Å²) in [6, 6.07) is 8.16. The van der Waals surface area contributed by atoms with E-state index in [1.165, 1.54) is 0 Å². The number of hydrogen-bond donors (Lipinski definition) is 2. The fourth-order valence-electron chi connectivity index (χ4n) is 3.38. The highest BCUT2D eigenvalue weighted by Gasteiger charge is 2.28. The molecule has 1 aromatic carbocycles. The Hall–Kier alpha value is -3.39. The Labute approximate surface area is 177 Å². The fourth-order valence-corrected chi connectivity index (χ4v) is 3.51. The lowest BCUT2D eigenvalue weighted by atomic mass is 9.93. The Morgan fingerprint density at radius 3 is 2.60 bits per heavy atom. The molecule has 0 aliphatic heterocycles. The van der Waals surface area contributed by atoms with Gasteiger partial charge in [0, 0.05) is 34.2 Å². The van der Waals surface area contributed by atoms with Crippen LogP contribution in [0, 0.1) is 13.8 Å². The first kappa shape index (κ1) is 19.9. The molecule has 0 bridgehead atoms. The highest BCUT2D eigenvalue weighted by molar-refractivity contribution is 6.30. The van der Waals surface area contributed by atoms with Crippen molar-refractivity contribution in [3.05, 3.63) is 69.3 Å². The number of nitrogens with one attached hydrogen (secondary N) is 2. The monoisotopic (exact) mass is 426 g/mol. The molecule has 2 N–H and O–H groups in total. The van der Waals surface area contributed by atoms with Crippen LogP contribution in [0.4, 0.5) is 5.82 Å². The third-order valence-corrected chi connectivity index (χ3v) is 5.05. The molecule has 0 fully saturated rings. The second-order valence-corrected chi connectivity index (χ2v) is 7.43. The van der Waals surface area contributed by atoms with E-state index < -0.39 is 5.91 Å². The number of aryl methyl sites for hydroxylation is 2. The molecule has 0 saturated carbocycles. The molecule has 30 heavy (non-hydrogen) atoms. The lowest BCUT2D eigenvalue weighted by Gasteiger charge is -2.13. The van der Waals surface area contributed by atoms with E-state index in [0.29, 0.717) is 52.0 Å². The van der Waals surface area contributed by atoms with Gasteiger partial charge in [-0.25, -0.2) is 5.43 Å². The first-order chi connectivity index (χ1) is 14.4. The molecule has 154 valence electrons. The Balaban J connectivity index is 1.56. The Bertz CT molecular complexity index is 1140. The summed E-state index contributed by atoms with van der Waals surface area (Å²) in [7, 11) is 0. The quantitative estimate of drug-likeness (QED) is 0.605. The smallest absolute Gasteiger partial charge is 0.292 e. The highest BCUT2D eigenvalue weighted by atomic mass is 35.5. The summed E-state index contributed by atoms with van der Waals surface area (Å²) in [5.74, 6) is 1.02. The van der Waals surface area contributed by atoms with Crippen LogP contribution in [0.1, 0.15) is 56.4 Å². The summed E-state index contributed by atoms with van der Waals surface area (Å²) >= 11 is 5.86. The van der Waals surface area contributed by atoms with Crippen molar-refractivity contribution in [3.63, 3.8) is 0 Å². The lowest BCUT2D eigenvalue weighted by molar-refractivity contribution is 0.0953. The topological polar surface area (TPSA) is 110 Å². The van der Waals surface area contributed by atoms with Gasteiger partial charge in [0.1, 0.15) is 11.5 Å². The van der Waals surface area contributed by atoms with Gasteiger partial charge in [0.15, 0.2) is 11.6 Å². The molecule has 0 unspecified atom stereocenters. The summed E-state index contributed by atoms with van der Waals surface area (Å²) in [6.45, 7) is 3.54. The number of hydrogen-bond acceptors (Lipinski definition) is 6. The zero-order valence-corrected chi connectivity index (χ0v) is 17.2. The van der Waals surface area contributed by atoms with Gasteiger partial charge in [-0.15, -0.1) is 0 Å². The van der Waals surface area contributed by atoms with E-state index in [9.17, 15) is 9.59 Å². The molecule has 0 atom stereocenters. The molecule has 1 aliphatic carbocycles. The molecule has 9 heteroatoms. The third-order valence-electron chi connectivity index (χ3n) is 4.80. The summed E-state index contributed by atoms with van der Waals surface area (Å²) in [5.41, 5.74) is 5.14. The minimum absolute atomic E-state index is 0.194. The van der Waals surface area contributed by atoms with Gasteiger partial charge < -0.3 is 14.3 Å². The number of carbonyl (C=O) groups is 2. The number of hydrazone groups is 1. The third kappa shape index (κ3) is 3.99. The predicted molar refractivity (Wildman–Crippen MR) is 111 cm³/mol. The number of aromatic nitrogens is 1. The Morgan fingerprint density at radius 1 is 1.13 bits per heavy atom. The normalized spacial score (nSPS) is 14.4. The van der Waals surface area contributed by atoms with Crippen molar-refractivity contribution in [3.8, 4) is 0 Å². The zero-order valence-electron chi connectivity index (χ0n) is 16.4. The zero-order chi connectivity index (χ0) is 21.3. The maximum atomic E-state index is 12.6. The average molecular weight is 427 g/mol. The average Bonchev–Trinajstić information content (AvgIpc) is 3.29. The second kappa shape index (κ2) is 8.16. The maximum absolute atomic E-state index is 12.6. The summed E-state index contributed by atoms with van der Waals surface area (Å²) in [6.07, 6.45) is 2.16. The molecule has 2 aromatic heterocycles. The molecular formula is C21H19ClN4O4. The van der Waals surface area contributed by atoms with Crippen LogP contribution in [0.15, 0.2) is 44.4 Å². The van der Waals surface area contributed by atoms with Crippen molar-refractivity contribution in [1.82, 2.24) is 10.6 Å². The van der Waals surface area contributed by atoms with Crippen LogP contribution in [-0.4, -0.2) is 22.7 Å². The van der Waals surface area contributed by atoms with Crippen LogP contribution in [0.25, 0.3) is 0 Å². The van der Waals surface area contributed by atoms with Crippen LogP contribution in [-0.2, 0) is 6.42 Å². The maximum Gasteiger partial charge on any atom is 0.292 e. The molecule has 3 aromatic rings. The van der Waals surface area contributed by atoms with Crippen molar-refractivity contribution >= 4 is 34.9 Å². The van der Waals surface area contributed by atoms with Crippen molar-refractivity contribution in [2.45, 2.75) is 33.1 Å². The van der Waals surface area contributed by atoms with E-state index in [-0.39, 0.29) is 11.7 Å². The highest BCUT2D eigenvalue weighted by Crippen LogP contribution is 2.30. The number of nitrogens with zero attached hydrogens (tertiary/aromatic N) is 2. The van der Waals surface area contributed by atoms with E-state index in [1.54, 1.807) is 44.2 Å². The molecule has 2 amide bonds. The predicted octanol–water partition coefficient (Wildman–Crippen LogP) is 4.26. The molecule has 0 spiro atoms. The SMILES string of the molecule is Cc1cc(NC(=O)c2oc3c(c2C)/C(=N/NC(=O)c2ccc(Cl)cc2)CCC3)no1. The first-order valence-corrected chi connectivity index (χ1v) is 9.80. The number of benzene rings is 1. The van der Waals surface area contributed by atoms with Crippen LogP contribution in [0.5, 0.6) is 0 Å². The Morgan fingerprint density at radius 2 is 1.90 bits per heavy atom. The number of anilines is 1. The van der Waals surface area contributed by atoms with Gasteiger partial charge in [0.2, 0.25) is 0 Å². The first-order valence-electron chi connectivity index (χ1n) is 9.42. The summed E-state index contributed by atoms with van der Waals surface area (Å²) in [5, 5.41) is 11.3. The number of amides is 2. The standard InChI is InChI=1S/C21H19ClN4O4/c1-11-10-17(26-30-11)23-21(28)19-12(2)18-15(4-3-5-16(18)29-19)24-25-20(27)13-6-8-14(22)9-7-13/h6-10H,3-5H2,1-2H3,(H,25,27)(H,23,26,28)/b24-15+. The number of halogens is 1. The fraction of sp³-hybridized carbons (Fsp3) is 0.238. The van der Waals surface area contributed by atoms with E-state index in [1.807, 2.05) is 0 Å². The van der Waals surface area contributed by atoms with Crippen LogP contribution >= 0.6 is 11.6 Å². The van der Waals surface area contributed by atoms with E-state index in [0.717, 1.165) is 12.0 Å². The molecule has 4 rings (SSSR count). The lowest BCUT2D eigenvalue weighted by Crippen LogP contribution is -2.22. The minimum Gasteiger partial charge on any atom is -0.455 e. The van der Waals surface area contributed by atoms with E-state index >= 15 is 0 Å². The van der Waals surface area contributed by atoms with Crippen LogP contribution in [0.2, 0.25) is 5.02 Å². The van der Waals surface area contributed by atoms with Gasteiger partial charge >= 0.3 is 0 Å². The van der Waals surface area contributed by atoms with Crippen LogP contribution in [0.3, 0.4) is 0 Å². The van der Waals surface area contributed by atoms with E-state index in [2.05, 4.69) is 21.0 Å². The van der Waals surface area contributed by atoms with Gasteiger partial charge in [0.25, 0.3) is 11.8 Å². The summed E-state index contributed by atoms with van der Waals surface area (Å²) in [4.78, 5) is 25.0. The minimum atomic E-state index is -0.417. The van der Waals surface area contributed by atoms with Crippen molar-refractivity contribution in [1.29, 1.82) is 0 Å². The molecule has 0 saturated heterocycles. The molecule has 8 nitrogen and oxygen atoms in total. The van der Waals surface area contributed by atoms with Crippen molar-refractivity contribution in [2.75, 3.05) is 5.32 Å². The molecule has 2 heterocycles. The number of carbonyl (C=O) groups excluding carboxylic acids is 2. The summed E-state index contributed by atoms with van der Waals surface area (Å²) < 4.78 is 10.8.